The number of nitrogens with zero attached hydrogens (tertiary/aromatic N) is 2. The van der Waals surface area contributed by atoms with E-state index < -0.39 is 0 Å². The van der Waals surface area contributed by atoms with E-state index in [1.54, 1.807) is 12.2 Å². The van der Waals surface area contributed by atoms with Crippen molar-refractivity contribution in [3.8, 4) is 0 Å². The van der Waals surface area contributed by atoms with Gasteiger partial charge in [-0.05, 0) is 42.2 Å². The maximum absolute atomic E-state index is 11.6. The van der Waals surface area contributed by atoms with Crippen LogP contribution in [-0.4, -0.2) is 22.0 Å². The summed E-state index contributed by atoms with van der Waals surface area (Å²) in [5.41, 5.74) is 4.72. The molecule has 1 N–H and O–H groups in total. The highest BCUT2D eigenvalue weighted by molar-refractivity contribution is 5.87. The molecule has 3 rings (SSSR count). The zero-order valence-electron chi connectivity index (χ0n) is 16.3. The number of carbonyl (C=O) groups is 1. The number of imidazole rings is 1. The Labute approximate surface area is 160 Å². The monoisotopic (exact) mass is 361 g/mol. The molecule has 2 aromatic carbocycles. The van der Waals surface area contributed by atoms with Gasteiger partial charge in [0.1, 0.15) is 5.82 Å². The number of aromatic nitrogens is 2. The van der Waals surface area contributed by atoms with E-state index in [4.69, 9.17) is 4.98 Å². The van der Waals surface area contributed by atoms with E-state index in [1.807, 2.05) is 25.1 Å². The number of hydrogen-bond acceptors (Lipinski definition) is 2. The molecule has 0 unspecified atom stereocenters. The molecule has 0 aliphatic heterocycles. The summed E-state index contributed by atoms with van der Waals surface area (Å²) < 4.78 is 2.25. The lowest BCUT2D eigenvalue weighted by molar-refractivity contribution is -0.116. The standard InChI is InChI=1S/C23H27N3O/c1-4-7-23(27)24-15-14-22-25-20-8-5-6-9-21(20)26(22)16-18-10-12-19(13-11-18)17(2)3/h4-13,17H,14-16H2,1-3H3,(H,24,27)/b7-4+. The molecule has 1 amide bonds. The minimum atomic E-state index is -0.0653. The normalized spacial score (nSPS) is 11.6. The molecule has 27 heavy (non-hydrogen) atoms. The number of carbonyl (C=O) groups excluding carboxylic acids is 1. The highest BCUT2D eigenvalue weighted by Crippen LogP contribution is 2.20. The van der Waals surface area contributed by atoms with E-state index in [0.29, 0.717) is 18.9 Å². The Hall–Kier alpha value is -2.88. The lowest BCUT2D eigenvalue weighted by atomic mass is 10.0. The van der Waals surface area contributed by atoms with E-state index in [-0.39, 0.29) is 5.91 Å². The van der Waals surface area contributed by atoms with E-state index in [1.165, 1.54) is 11.1 Å². The molecule has 1 aromatic heterocycles. The molecular weight excluding hydrogens is 334 g/mol. The van der Waals surface area contributed by atoms with Crippen LogP contribution in [0.1, 0.15) is 43.6 Å². The van der Waals surface area contributed by atoms with Gasteiger partial charge in [-0.1, -0.05) is 56.3 Å². The van der Waals surface area contributed by atoms with Gasteiger partial charge in [0.25, 0.3) is 0 Å². The summed E-state index contributed by atoms with van der Waals surface area (Å²) in [7, 11) is 0. The van der Waals surface area contributed by atoms with Crippen molar-refractivity contribution < 1.29 is 4.79 Å². The van der Waals surface area contributed by atoms with Crippen LogP contribution in [0.25, 0.3) is 11.0 Å². The number of nitrogens with one attached hydrogen (secondary N) is 1. The number of rotatable bonds is 7. The van der Waals surface area contributed by atoms with E-state index in [0.717, 1.165) is 23.4 Å². The van der Waals surface area contributed by atoms with Gasteiger partial charge in [-0.2, -0.15) is 0 Å². The highest BCUT2D eigenvalue weighted by Gasteiger charge is 2.11. The molecule has 0 bridgehead atoms. The molecule has 0 saturated carbocycles. The second-order valence-electron chi connectivity index (χ2n) is 7.04. The molecule has 0 aliphatic carbocycles. The Morgan fingerprint density at radius 3 is 2.59 bits per heavy atom. The predicted molar refractivity (Wildman–Crippen MR) is 111 cm³/mol. The third-order valence-electron chi connectivity index (χ3n) is 4.69. The molecule has 4 heteroatoms. The lowest BCUT2D eigenvalue weighted by Crippen LogP contribution is -2.24. The molecule has 0 spiro atoms. The molecule has 0 fully saturated rings. The fourth-order valence-electron chi connectivity index (χ4n) is 3.19. The molecular formula is C23H27N3O. The molecule has 0 radical (unpaired) electrons. The summed E-state index contributed by atoms with van der Waals surface area (Å²) in [5, 5.41) is 2.91. The van der Waals surface area contributed by atoms with Crippen molar-refractivity contribution in [3.63, 3.8) is 0 Å². The fraction of sp³-hybridized carbons (Fsp3) is 0.304. The Kier molecular flexibility index (Phi) is 6.07. The van der Waals surface area contributed by atoms with Crippen LogP contribution < -0.4 is 5.32 Å². The third kappa shape index (κ3) is 4.64. The largest absolute Gasteiger partial charge is 0.352 e. The van der Waals surface area contributed by atoms with Gasteiger partial charge in [0.15, 0.2) is 0 Å². The predicted octanol–water partition coefficient (Wildman–Crippen LogP) is 4.44. The van der Waals surface area contributed by atoms with Gasteiger partial charge in [-0.15, -0.1) is 0 Å². The van der Waals surface area contributed by atoms with Crippen LogP contribution in [0.3, 0.4) is 0 Å². The zero-order valence-corrected chi connectivity index (χ0v) is 16.3. The number of benzene rings is 2. The van der Waals surface area contributed by atoms with Crippen molar-refractivity contribution in [2.45, 2.75) is 39.7 Å². The van der Waals surface area contributed by atoms with Gasteiger partial charge in [0.2, 0.25) is 5.91 Å². The first-order valence-corrected chi connectivity index (χ1v) is 9.52. The maximum atomic E-state index is 11.6. The van der Waals surface area contributed by atoms with Crippen molar-refractivity contribution in [3.05, 3.63) is 77.6 Å². The van der Waals surface area contributed by atoms with Gasteiger partial charge in [-0.25, -0.2) is 4.98 Å². The van der Waals surface area contributed by atoms with Gasteiger partial charge >= 0.3 is 0 Å². The second-order valence-corrected chi connectivity index (χ2v) is 7.04. The number of hydrogen-bond donors (Lipinski definition) is 1. The Morgan fingerprint density at radius 1 is 1.15 bits per heavy atom. The number of fused-ring (bicyclic) bond motifs is 1. The van der Waals surface area contributed by atoms with Crippen LogP contribution >= 0.6 is 0 Å². The topological polar surface area (TPSA) is 46.9 Å². The average Bonchev–Trinajstić information content (AvgIpc) is 3.00. The van der Waals surface area contributed by atoms with Crippen molar-refractivity contribution in [2.24, 2.45) is 0 Å². The second kappa shape index (κ2) is 8.67. The number of para-hydroxylation sites is 2. The minimum Gasteiger partial charge on any atom is -0.352 e. The maximum Gasteiger partial charge on any atom is 0.243 e. The Bertz CT molecular complexity index is 936. The Balaban J connectivity index is 1.82. The van der Waals surface area contributed by atoms with Crippen LogP contribution in [0.2, 0.25) is 0 Å². The van der Waals surface area contributed by atoms with Crippen LogP contribution in [0.15, 0.2) is 60.7 Å². The first-order chi connectivity index (χ1) is 13.1. The van der Waals surface area contributed by atoms with Gasteiger partial charge in [-0.3, -0.25) is 4.79 Å². The summed E-state index contributed by atoms with van der Waals surface area (Å²) >= 11 is 0. The van der Waals surface area contributed by atoms with Crippen LogP contribution in [0.4, 0.5) is 0 Å². The number of allylic oxidation sites excluding steroid dienone is 1. The fourth-order valence-corrected chi connectivity index (χ4v) is 3.19. The Morgan fingerprint density at radius 2 is 1.89 bits per heavy atom. The lowest BCUT2D eigenvalue weighted by Gasteiger charge is -2.11. The smallest absolute Gasteiger partial charge is 0.243 e. The van der Waals surface area contributed by atoms with Gasteiger partial charge < -0.3 is 9.88 Å². The average molecular weight is 361 g/mol. The van der Waals surface area contributed by atoms with Crippen molar-refractivity contribution in [1.82, 2.24) is 14.9 Å². The van der Waals surface area contributed by atoms with E-state index in [2.05, 4.69) is 54.1 Å². The van der Waals surface area contributed by atoms with Crippen LogP contribution in [-0.2, 0) is 17.8 Å². The molecule has 0 atom stereocenters. The first kappa shape index (κ1) is 18.9. The van der Waals surface area contributed by atoms with Crippen LogP contribution in [0, 0.1) is 0 Å². The van der Waals surface area contributed by atoms with E-state index in [9.17, 15) is 4.79 Å². The summed E-state index contributed by atoms with van der Waals surface area (Å²) in [6.45, 7) is 7.59. The van der Waals surface area contributed by atoms with Gasteiger partial charge in [0, 0.05) is 19.5 Å². The van der Waals surface area contributed by atoms with Crippen molar-refractivity contribution in [1.29, 1.82) is 0 Å². The summed E-state index contributed by atoms with van der Waals surface area (Å²) in [4.78, 5) is 16.4. The molecule has 140 valence electrons. The molecule has 3 aromatic rings. The molecule has 0 aliphatic rings. The SMILES string of the molecule is C/C=C/C(=O)NCCc1nc2ccccc2n1Cc1ccc(C(C)C)cc1. The molecule has 1 heterocycles. The third-order valence-corrected chi connectivity index (χ3v) is 4.69. The zero-order chi connectivity index (χ0) is 19.2. The molecule has 4 nitrogen and oxygen atoms in total. The highest BCUT2D eigenvalue weighted by atomic mass is 16.1. The van der Waals surface area contributed by atoms with Crippen molar-refractivity contribution in [2.75, 3.05) is 6.54 Å². The number of amides is 1. The van der Waals surface area contributed by atoms with Crippen molar-refractivity contribution >= 4 is 16.9 Å². The summed E-state index contributed by atoms with van der Waals surface area (Å²) in [6, 6.07) is 17.0. The minimum absolute atomic E-state index is 0.0653. The summed E-state index contributed by atoms with van der Waals surface area (Å²) in [6.07, 6.45) is 3.98. The van der Waals surface area contributed by atoms with Crippen LogP contribution in [0.5, 0.6) is 0 Å². The summed E-state index contributed by atoms with van der Waals surface area (Å²) in [5.74, 6) is 1.46. The quantitative estimate of drug-likeness (QED) is 0.632. The first-order valence-electron chi connectivity index (χ1n) is 9.52. The van der Waals surface area contributed by atoms with E-state index >= 15 is 0 Å². The molecule has 0 saturated heterocycles. The van der Waals surface area contributed by atoms with Gasteiger partial charge in [0.05, 0.1) is 11.0 Å².